The molecule has 1 aromatic rings. The van der Waals surface area contributed by atoms with Crippen molar-refractivity contribution in [2.75, 3.05) is 19.8 Å². The molecule has 116 valence electrons. The lowest BCUT2D eigenvalue weighted by atomic mass is 9.99. The van der Waals surface area contributed by atoms with Crippen LogP contribution < -0.4 is 0 Å². The van der Waals surface area contributed by atoms with Crippen molar-refractivity contribution in [1.29, 1.82) is 0 Å². The van der Waals surface area contributed by atoms with Crippen LogP contribution in [0.2, 0.25) is 5.02 Å². The summed E-state index contributed by atoms with van der Waals surface area (Å²) < 4.78 is 10.4. The molecule has 0 bridgehead atoms. The van der Waals surface area contributed by atoms with Crippen LogP contribution >= 0.6 is 11.6 Å². The second-order valence-corrected chi connectivity index (χ2v) is 5.16. The Bertz CT molecular complexity index is 593. The number of benzene rings is 1. The van der Waals surface area contributed by atoms with Crippen LogP contribution in [0.25, 0.3) is 0 Å². The van der Waals surface area contributed by atoms with Gasteiger partial charge < -0.3 is 14.4 Å². The van der Waals surface area contributed by atoms with Crippen molar-refractivity contribution in [3.8, 4) is 12.3 Å². The maximum Gasteiger partial charge on any atom is 0.325 e. The molecule has 1 aromatic carbocycles. The molecule has 1 saturated heterocycles. The molecule has 1 heterocycles. The molecule has 1 aliphatic heterocycles. The van der Waals surface area contributed by atoms with E-state index in [4.69, 9.17) is 27.5 Å². The number of morpholine rings is 1. The Hall–Kier alpha value is -2.03. The molecule has 1 fully saturated rings. The highest BCUT2D eigenvalue weighted by Gasteiger charge is 2.37. The van der Waals surface area contributed by atoms with E-state index in [1.807, 2.05) is 0 Å². The predicted molar refractivity (Wildman–Crippen MR) is 81.1 cm³/mol. The minimum atomic E-state index is -0.674. The molecule has 2 atom stereocenters. The van der Waals surface area contributed by atoms with Gasteiger partial charge in [-0.1, -0.05) is 29.7 Å². The molecule has 0 aliphatic carbocycles. The molecule has 0 N–H and O–H groups in total. The summed E-state index contributed by atoms with van der Waals surface area (Å²) in [5, 5.41) is 0.594. The van der Waals surface area contributed by atoms with E-state index >= 15 is 0 Å². The Balaban J connectivity index is 2.22. The van der Waals surface area contributed by atoms with E-state index in [0.717, 1.165) is 5.56 Å². The Morgan fingerprint density at radius 2 is 2.18 bits per heavy atom. The minimum absolute atomic E-state index is 0.134. The number of ether oxygens (including phenoxy) is 2. The predicted octanol–water partition coefficient (Wildman–Crippen LogP) is 1.80. The van der Waals surface area contributed by atoms with Crippen molar-refractivity contribution in [3.05, 3.63) is 34.9 Å². The number of esters is 1. The van der Waals surface area contributed by atoms with Crippen molar-refractivity contribution in [2.24, 2.45) is 0 Å². The van der Waals surface area contributed by atoms with Gasteiger partial charge in [-0.2, -0.15) is 0 Å². The molecule has 6 heteroatoms. The second-order valence-electron chi connectivity index (χ2n) is 4.72. The highest BCUT2D eigenvalue weighted by Crippen LogP contribution is 2.29. The fourth-order valence-electron chi connectivity index (χ4n) is 2.29. The molecular formula is C16H16ClNO4. The lowest BCUT2D eigenvalue weighted by Gasteiger charge is -2.37. The first-order valence-electron chi connectivity index (χ1n) is 6.85. The van der Waals surface area contributed by atoms with E-state index in [-0.39, 0.29) is 25.7 Å². The highest BCUT2D eigenvalue weighted by atomic mass is 35.5. The van der Waals surface area contributed by atoms with Gasteiger partial charge >= 0.3 is 5.97 Å². The van der Waals surface area contributed by atoms with Crippen LogP contribution in [0.15, 0.2) is 24.3 Å². The Labute approximate surface area is 134 Å². The molecule has 0 saturated carbocycles. The summed E-state index contributed by atoms with van der Waals surface area (Å²) in [6.07, 6.45) is 5.06. The first kappa shape index (κ1) is 16.3. The van der Waals surface area contributed by atoms with Gasteiger partial charge in [-0.05, 0) is 24.6 Å². The highest BCUT2D eigenvalue weighted by molar-refractivity contribution is 6.30. The molecule has 1 amide bonds. The third-order valence-corrected chi connectivity index (χ3v) is 3.56. The molecule has 22 heavy (non-hydrogen) atoms. The van der Waals surface area contributed by atoms with Gasteiger partial charge in [0, 0.05) is 5.02 Å². The van der Waals surface area contributed by atoms with Crippen LogP contribution in [0.3, 0.4) is 0 Å². The molecular weight excluding hydrogens is 306 g/mol. The molecule has 0 spiro atoms. The minimum Gasteiger partial charge on any atom is -0.465 e. The zero-order valence-corrected chi connectivity index (χ0v) is 12.9. The summed E-state index contributed by atoms with van der Waals surface area (Å²) in [5.74, 6) is 1.71. The number of carbonyl (C=O) groups is 2. The van der Waals surface area contributed by atoms with Gasteiger partial charge in [0.15, 0.2) is 0 Å². The average Bonchev–Trinajstić information content (AvgIpc) is 2.50. The van der Waals surface area contributed by atoms with E-state index in [1.54, 1.807) is 31.2 Å². The number of nitrogens with zero attached hydrogens (tertiary/aromatic N) is 1. The van der Waals surface area contributed by atoms with Gasteiger partial charge in [0.25, 0.3) is 0 Å². The van der Waals surface area contributed by atoms with E-state index in [2.05, 4.69) is 5.92 Å². The van der Waals surface area contributed by atoms with E-state index in [9.17, 15) is 9.59 Å². The summed E-state index contributed by atoms with van der Waals surface area (Å²) in [6.45, 7) is 1.63. The first-order chi connectivity index (χ1) is 10.6. The standard InChI is InChI=1S/C16H16ClNO4/c1-3-13-16(11-5-7-12(17)8-6-11)22-10-14(19)18(13)9-15(20)21-4-2/h1,5-8,13,16H,4,9-10H2,2H3/t13-,16?/m1/s1. The van der Waals surface area contributed by atoms with Gasteiger partial charge in [-0.15, -0.1) is 6.42 Å². The maximum atomic E-state index is 12.0. The lowest BCUT2D eigenvalue weighted by Crippen LogP contribution is -2.52. The Morgan fingerprint density at radius 1 is 1.50 bits per heavy atom. The van der Waals surface area contributed by atoms with Crippen LogP contribution in [-0.2, 0) is 19.1 Å². The van der Waals surface area contributed by atoms with Crippen molar-refractivity contribution >= 4 is 23.5 Å². The van der Waals surface area contributed by atoms with E-state index < -0.39 is 18.1 Å². The zero-order chi connectivity index (χ0) is 16.1. The molecule has 0 radical (unpaired) electrons. The maximum absolute atomic E-state index is 12.0. The summed E-state index contributed by atoms with van der Waals surface area (Å²) in [5.41, 5.74) is 0.800. The molecule has 1 unspecified atom stereocenters. The zero-order valence-electron chi connectivity index (χ0n) is 12.1. The van der Waals surface area contributed by atoms with E-state index in [1.165, 1.54) is 4.90 Å². The van der Waals surface area contributed by atoms with Crippen LogP contribution in [0, 0.1) is 12.3 Å². The summed E-state index contributed by atoms with van der Waals surface area (Å²) in [7, 11) is 0. The fraction of sp³-hybridized carbons (Fsp3) is 0.375. The average molecular weight is 322 g/mol. The molecule has 1 aliphatic rings. The second kappa shape index (κ2) is 7.30. The summed E-state index contributed by atoms with van der Waals surface area (Å²) in [6, 6.07) is 6.34. The lowest BCUT2D eigenvalue weighted by molar-refractivity contribution is -0.162. The SMILES string of the molecule is C#C[C@@H]1C(c2ccc(Cl)cc2)OCC(=O)N1CC(=O)OCC. The van der Waals surface area contributed by atoms with Crippen molar-refractivity contribution < 1.29 is 19.1 Å². The quantitative estimate of drug-likeness (QED) is 0.627. The smallest absolute Gasteiger partial charge is 0.325 e. The van der Waals surface area contributed by atoms with Gasteiger partial charge in [0.05, 0.1) is 6.61 Å². The summed E-state index contributed by atoms with van der Waals surface area (Å²) >= 11 is 5.87. The number of terminal acetylenes is 1. The van der Waals surface area contributed by atoms with Crippen LogP contribution in [0.5, 0.6) is 0 Å². The summed E-state index contributed by atoms with van der Waals surface area (Å²) in [4.78, 5) is 25.0. The van der Waals surface area contributed by atoms with Crippen LogP contribution in [0.1, 0.15) is 18.6 Å². The Morgan fingerprint density at radius 3 is 2.77 bits per heavy atom. The van der Waals surface area contributed by atoms with Crippen LogP contribution in [0.4, 0.5) is 0 Å². The van der Waals surface area contributed by atoms with Crippen molar-refractivity contribution in [3.63, 3.8) is 0 Å². The number of halogens is 1. The van der Waals surface area contributed by atoms with Gasteiger partial charge in [-0.25, -0.2) is 0 Å². The van der Waals surface area contributed by atoms with Crippen LogP contribution in [-0.4, -0.2) is 42.6 Å². The number of carbonyl (C=O) groups excluding carboxylic acids is 2. The third-order valence-electron chi connectivity index (χ3n) is 3.30. The van der Waals surface area contributed by atoms with E-state index in [0.29, 0.717) is 5.02 Å². The van der Waals surface area contributed by atoms with Crippen molar-refractivity contribution in [1.82, 2.24) is 4.90 Å². The Kier molecular flexibility index (Phi) is 5.42. The largest absolute Gasteiger partial charge is 0.465 e. The fourth-order valence-corrected chi connectivity index (χ4v) is 2.42. The third kappa shape index (κ3) is 3.59. The number of rotatable bonds is 4. The number of amides is 1. The monoisotopic (exact) mass is 321 g/mol. The molecule has 0 aromatic heterocycles. The topological polar surface area (TPSA) is 55.8 Å². The number of hydrogen-bond acceptors (Lipinski definition) is 4. The van der Waals surface area contributed by atoms with Gasteiger partial charge in [0.2, 0.25) is 5.91 Å². The molecule has 2 rings (SSSR count). The normalized spacial score (nSPS) is 21.3. The first-order valence-corrected chi connectivity index (χ1v) is 7.23. The van der Waals surface area contributed by atoms with Gasteiger partial charge in [-0.3, -0.25) is 9.59 Å². The van der Waals surface area contributed by atoms with Crippen molar-refractivity contribution in [2.45, 2.75) is 19.1 Å². The number of hydrogen-bond donors (Lipinski definition) is 0. The molecule has 5 nitrogen and oxygen atoms in total. The van der Waals surface area contributed by atoms with Gasteiger partial charge in [0.1, 0.15) is 25.3 Å².